The van der Waals surface area contributed by atoms with E-state index in [4.69, 9.17) is 4.74 Å². The molecular formula is C25H34N4O5. The van der Waals surface area contributed by atoms with Gasteiger partial charge in [0.25, 0.3) is 5.91 Å². The number of ether oxygens (including phenoxy) is 1. The highest BCUT2D eigenvalue weighted by atomic mass is 16.5. The number of imide groups is 1. The Morgan fingerprint density at radius 3 is 2.09 bits per heavy atom. The summed E-state index contributed by atoms with van der Waals surface area (Å²) >= 11 is 0. The van der Waals surface area contributed by atoms with Crippen LogP contribution in [0.25, 0.3) is 0 Å². The predicted octanol–water partition coefficient (Wildman–Crippen LogP) is 2.85. The Morgan fingerprint density at radius 2 is 1.53 bits per heavy atom. The van der Waals surface area contributed by atoms with Crippen LogP contribution >= 0.6 is 0 Å². The molecule has 0 aromatic heterocycles. The molecule has 0 saturated heterocycles. The summed E-state index contributed by atoms with van der Waals surface area (Å²) in [7, 11) is 0. The quantitative estimate of drug-likeness (QED) is 0.456. The van der Waals surface area contributed by atoms with Gasteiger partial charge in [0.2, 0.25) is 0 Å². The van der Waals surface area contributed by atoms with Gasteiger partial charge < -0.3 is 20.7 Å². The van der Waals surface area contributed by atoms with Gasteiger partial charge in [-0.1, -0.05) is 12.1 Å². The van der Waals surface area contributed by atoms with E-state index in [0.717, 1.165) is 24.8 Å². The van der Waals surface area contributed by atoms with Crippen molar-refractivity contribution in [2.24, 2.45) is 17.8 Å². The fourth-order valence-electron chi connectivity index (χ4n) is 6.17. The molecule has 4 N–H and O–H groups in total. The van der Waals surface area contributed by atoms with Crippen molar-refractivity contribution in [1.82, 2.24) is 21.3 Å². The van der Waals surface area contributed by atoms with Gasteiger partial charge in [-0.25, -0.2) is 14.4 Å². The first-order chi connectivity index (χ1) is 16.2. The zero-order valence-corrected chi connectivity index (χ0v) is 19.8. The van der Waals surface area contributed by atoms with Gasteiger partial charge in [-0.2, -0.15) is 0 Å². The molecule has 5 amide bonds. The monoisotopic (exact) mass is 470 g/mol. The minimum atomic E-state index is -0.660. The lowest BCUT2D eigenvalue weighted by Gasteiger charge is -2.56. The van der Waals surface area contributed by atoms with E-state index in [2.05, 4.69) is 21.3 Å². The topological polar surface area (TPSA) is 126 Å². The number of carbonyl (C=O) groups excluding carboxylic acids is 4. The summed E-state index contributed by atoms with van der Waals surface area (Å²) in [5.74, 6) is 0.731. The molecule has 4 aliphatic carbocycles. The first-order valence-electron chi connectivity index (χ1n) is 12.1. The van der Waals surface area contributed by atoms with Crippen LogP contribution in [0.1, 0.15) is 68.3 Å². The van der Waals surface area contributed by atoms with Crippen LogP contribution in [-0.2, 0) is 16.1 Å². The van der Waals surface area contributed by atoms with Crippen LogP contribution in [0.2, 0.25) is 0 Å². The smallest absolute Gasteiger partial charge is 0.338 e. The third kappa shape index (κ3) is 6.07. The summed E-state index contributed by atoms with van der Waals surface area (Å²) in [6, 6.07) is 5.79. The van der Waals surface area contributed by atoms with Crippen molar-refractivity contribution in [3.63, 3.8) is 0 Å². The number of nitrogens with one attached hydrogen (secondary N) is 4. The maximum Gasteiger partial charge on any atom is 0.338 e. The standard InChI is InChI=1S/C25H34N4O5/c1-15(2)27-23(32)26-13-16-3-5-20(6-4-16)22(31)34-14-21(30)28-24(33)29-25-10-17-7-18(11-25)9-19(8-17)12-25/h3-6,15,17-19H,7-14H2,1-2H3,(H2,26,27,32)(H2,28,29,30,33). The van der Waals surface area contributed by atoms with E-state index in [1.807, 2.05) is 13.8 Å². The first-order valence-corrected chi connectivity index (χ1v) is 12.1. The molecule has 184 valence electrons. The Labute approximate surface area is 199 Å². The molecule has 5 rings (SSSR count). The molecule has 9 heteroatoms. The fourth-order valence-corrected chi connectivity index (χ4v) is 6.17. The van der Waals surface area contributed by atoms with Gasteiger partial charge in [-0.15, -0.1) is 0 Å². The highest BCUT2D eigenvalue weighted by Crippen LogP contribution is 2.55. The molecule has 4 bridgehead atoms. The van der Waals surface area contributed by atoms with E-state index in [1.54, 1.807) is 24.3 Å². The van der Waals surface area contributed by atoms with Crippen molar-refractivity contribution in [1.29, 1.82) is 0 Å². The van der Waals surface area contributed by atoms with Crippen molar-refractivity contribution in [3.05, 3.63) is 35.4 Å². The molecule has 0 spiro atoms. The van der Waals surface area contributed by atoms with E-state index in [1.165, 1.54) is 19.3 Å². The van der Waals surface area contributed by atoms with Gasteiger partial charge in [0, 0.05) is 18.1 Å². The molecule has 0 radical (unpaired) electrons. The molecule has 1 aromatic rings. The van der Waals surface area contributed by atoms with Gasteiger partial charge >= 0.3 is 18.0 Å². The second-order valence-corrected chi connectivity index (χ2v) is 10.5. The summed E-state index contributed by atoms with van der Waals surface area (Å²) < 4.78 is 5.06. The van der Waals surface area contributed by atoms with Crippen molar-refractivity contribution in [3.8, 4) is 0 Å². The van der Waals surface area contributed by atoms with Crippen LogP contribution in [0.5, 0.6) is 0 Å². The molecule has 34 heavy (non-hydrogen) atoms. The Bertz CT molecular complexity index is 908. The Morgan fingerprint density at radius 1 is 0.941 bits per heavy atom. The maximum atomic E-state index is 12.4. The average Bonchev–Trinajstić information content (AvgIpc) is 2.74. The minimum Gasteiger partial charge on any atom is -0.452 e. The highest BCUT2D eigenvalue weighted by Gasteiger charge is 2.51. The van der Waals surface area contributed by atoms with Crippen LogP contribution in [0.15, 0.2) is 24.3 Å². The van der Waals surface area contributed by atoms with Crippen molar-refractivity contribution >= 4 is 23.9 Å². The zero-order chi connectivity index (χ0) is 24.3. The van der Waals surface area contributed by atoms with E-state index in [-0.39, 0.29) is 23.2 Å². The second-order valence-electron chi connectivity index (χ2n) is 10.5. The van der Waals surface area contributed by atoms with Crippen molar-refractivity contribution in [2.45, 2.75) is 70.5 Å². The maximum absolute atomic E-state index is 12.4. The van der Waals surface area contributed by atoms with E-state index in [0.29, 0.717) is 24.3 Å². The van der Waals surface area contributed by atoms with Crippen LogP contribution in [0.3, 0.4) is 0 Å². The molecule has 1 aromatic carbocycles. The molecule has 4 fully saturated rings. The molecular weight excluding hydrogens is 436 g/mol. The second kappa shape index (κ2) is 10.0. The minimum absolute atomic E-state index is 0.0394. The number of rotatable bonds is 7. The van der Waals surface area contributed by atoms with Crippen LogP contribution in [-0.4, -0.2) is 42.1 Å². The fraction of sp³-hybridized carbons (Fsp3) is 0.600. The number of carbonyl (C=O) groups is 4. The normalized spacial score (nSPS) is 26.6. The summed E-state index contributed by atoms with van der Waals surface area (Å²) in [6.07, 6.45) is 6.77. The lowest BCUT2D eigenvalue weighted by molar-refractivity contribution is -0.123. The number of amides is 5. The summed E-state index contributed by atoms with van der Waals surface area (Å²) in [4.78, 5) is 48.5. The Hall–Kier alpha value is -3.10. The average molecular weight is 471 g/mol. The zero-order valence-electron chi connectivity index (χ0n) is 19.8. The summed E-state index contributed by atoms with van der Waals surface area (Å²) in [5.41, 5.74) is 0.901. The Kier molecular flexibility index (Phi) is 7.09. The largest absolute Gasteiger partial charge is 0.452 e. The Balaban J connectivity index is 1.18. The molecule has 0 heterocycles. The highest BCUT2D eigenvalue weighted by molar-refractivity contribution is 5.97. The molecule has 0 aliphatic heterocycles. The van der Waals surface area contributed by atoms with Gasteiger partial charge in [0.15, 0.2) is 6.61 Å². The number of hydrogen-bond donors (Lipinski definition) is 4. The lowest BCUT2D eigenvalue weighted by atomic mass is 9.53. The third-order valence-electron chi connectivity index (χ3n) is 7.07. The third-order valence-corrected chi connectivity index (χ3v) is 7.07. The van der Waals surface area contributed by atoms with E-state index in [9.17, 15) is 19.2 Å². The molecule has 9 nitrogen and oxygen atoms in total. The molecule has 4 aliphatic rings. The van der Waals surface area contributed by atoms with Crippen LogP contribution < -0.4 is 21.3 Å². The number of urea groups is 2. The lowest BCUT2D eigenvalue weighted by Crippen LogP contribution is -2.62. The van der Waals surface area contributed by atoms with Gasteiger partial charge in [-0.05, 0) is 87.8 Å². The molecule has 0 unspecified atom stereocenters. The van der Waals surface area contributed by atoms with Crippen LogP contribution in [0, 0.1) is 17.8 Å². The summed E-state index contributed by atoms with van der Waals surface area (Å²) in [5, 5.41) is 10.8. The van der Waals surface area contributed by atoms with Gasteiger partial charge in [-0.3, -0.25) is 10.1 Å². The molecule has 0 atom stereocenters. The van der Waals surface area contributed by atoms with Crippen molar-refractivity contribution < 1.29 is 23.9 Å². The number of hydrogen-bond acceptors (Lipinski definition) is 5. The summed E-state index contributed by atoms with van der Waals surface area (Å²) in [6.45, 7) is 3.52. The van der Waals surface area contributed by atoms with E-state index < -0.39 is 24.5 Å². The first kappa shape index (κ1) is 24.0. The van der Waals surface area contributed by atoms with Gasteiger partial charge in [0.1, 0.15) is 0 Å². The number of benzene rings is 1. The predicted molar refractivity (Wildman–Crippen MR) is 125 cm³/mol. The molecule has 4 saturated carbocycles. The van der Waals surface area contributed by atoms with E-state index >= 15 is 0 Å². The number of esters is 1. The van der Waals surface area contributed by atoms with Gasteiger partial charge in [0.05, 0.1) is 5.56 Å². The SMILES string of the molecule is CC(C)NC(=O)NCc1ccc(C(=O)OCC(=O)NC(=O)NC23CC4CC(CC(C4)C2)C3)cc1. The van der Waals surface area contributed by atoms with Crippen molar-refractivity contribution in [2.75, 3.05) is 6.61 Å². The van der Waals surface area contributed by atoms with Crippen LogP contribution in [0.4, 0.5) is 9.59 Å².